The van der Waals surface area contributed by atoms with Gasteiger partial charge in [-0.05, 0) is 44.5 Å². The van der Waals surface area contributed by atoms with Gasteiger partial charge in [0.2, 0.25) is 12.2 Å². The number of ketones is 1. The van der Waals surface area contributed by atoms with Gasteiger partial charge in [0.25, 0.3) is 0 Å². The predicted octanol–water partition coefficient (Wildman–Crippen LogP) is 2.60. The topological polar surface area (TPSA) is 102 Å². The summed E-state index contributed by atoms with van der Waals surface area (Å²) in [7, 11) is 0. The molecule has 0 saturated heterocycles. The summed E-state index contributed by atoms with van der Waals surface area (Å²) in [5.41, 5.74) is -0.287. The quantitative estimate of drug-likeness (QED) is 0.568. The van der Waals surface area contributed by atoms with Gasteiger partial charge < -0.3 is 19.9 Å². The minimum absolute atomic E-state index is 0.00930. The van der Waals surface area contributed by atoms with Gasteiger partial charge in [0.1, 0.15) is 17.9 Å². The number of Topliss-reactive ketones (excluding diaryl/α,β-unsaturated/α-hetero) is 1. The molecule has 2 atom stereocenters. The van der Waals surface area contributed by atoms with Gasteiger partial charge in [-0.1, -0.05) is 18.2 Å². The minimum Gasteiger partial charge on any atom is -0.462 e. The third-order valence-corrected chi connectivity index (χ3v) is 4.43. The second-order valence-electron chi connectivity index (χ2n) is 7.97. The number of esters is 1. The third-order valence-electron chi connectivity index (χ3n) is 4.43. The summed E-state index contributed by atoms with van der Waals surface area (Å²) in [6, 6.07) is 7.55. The maximum atomic E-state index is 13.6. The molecule has 0 bridgehead atoms. The molecule has 0 fully saturated rings. The highest BCUT2D eigenvalue weighted by atomic mass is 19.2. The first-order valence-corrected chi connectivity index (χ1v) is 9.45. The normalized spacial score (nSPS) is 18.1. The molecule has 0 saturated carbocycles. The number of hydrogen-bond donors (Lipinski definition) is 2. The molecule has 7 nitrogen and oxygen atoms in total. The number of para-hydroxylation sites is 1. The molecule has 1 amide bonds. The smallest absolute Gasteiger partial charge is 0.325 e. The van der Waals surface area contributed by atoms with E-state index in [4.69, 9.17) is 9.47 Å². The number of aliphatic hydroxyl groups excluding tert-OH is 1. The average Bonchev–Trinajstić information content (AvgIpc) is 2.67. The zero-order valence-corrected chi connectivity index (χ0v) is 17.1. The molecular weight excluding hydrogens is 412 g/mol. The summed E-state index contributed by atoms with van der Waals surface area (Å²) in [6.45, 7) is 4.50. The fourth-order valence-electron chi connectivity index (χ4n) is 3.13. The lowest BCUT2D eigenvalue weighted by Crippen LogP contribution is -2.48. The first-order valence-electron chi connectivity index (χ1n) is 9.45. The predicted molar refractivity (Wildman–Crippen MR) is 105 cm³/mol. The van der Waals surface area contributed by atoms with E-state index in [1.165, 1.54) is 24.3 Å². The van der Waals surface area contributed by atoms with Crippen LogP contribution in [0.3, 0.4) is 0 Å². The lowest BCUT2D eigenvalue weighted by molar-refractivity contribution is -0.155. The molecular formula is C22H21F2NO6. The van der Waals surface area contributed by atoms with Crippen LogP contribution in [0.2, 0.25) is 0 Å². The van der Waals surface area contributed by atoms with Crippen molar-refractivity contribution in [3.05, 3.63) is 53.6 Å². The first-order chi connectivity index (χ1) is 14.5. The summed E-state index contributed by atoms with van der Waals surface area (Å²) in [6.07, 6.45) is -1.84. The third kappa shape index (κ3) is 4.88. The summed E-state index contributed by atoms with van der Waals surface area (Å²) < 4.78 is 37.4. The van der Waals surface area contributed by atoms with Crippen LogP contribution in [0.15, 0.2) is 36.4 Å². The van der Waals surface area contributed by atoms with Gasteiger partial charge in [0.05, 0.1) is 5.56 Å². The molecule has 31 heavy (non-hydrogen) atoms. The molecule has 1 aliphatic rings. The Hall–Kier alpha value is -3.33. The van der Waals surface area contributed by atoms with Crippen LogP contribution in [-0.2, 0) is 14.3 Å². The Labute approximate surface area is 177 Å². The van der Waals surface area contributed by atoms with Crippen molar-refractivity contribution in [2.75, 3.05) is 6.54 Å². The summed E-state index contributed by atoms with van der Waals surface area (Å²) in [5, 5.41) is 12.6. The van der Waals surface area contributed by atoms with Gasteiger partial charge in [0.15, 0.2) is 23.3 Å². The van der Waals surface area contributed by atoms with Crippen LogP contribution in [0.4, 0.5) is 8.78 Å². The molecule has 2 aromatic carbocycles. The lowest BCUT2D eigenvalue weighted by Gasteiger charge is -2.29. The molecule has 2 N–H and O–H groups in total. The van der Waals surface area contributed by atoms with E-state index >= 15 is 0 Å². The minimum atomic E-state index is -1.84. The Bertz CT molecular complexity index is 1050. The monoisotopic (exact) mass is 433 g/mol. The second-order valence-corrected chi connectivity index (χ2v) is 7.97. The van der Waals surface area contributed by atoms with Crippen LogP contribution in [0.25, 0.3) is 11.1 Å². The number of hydrogen-bond acceptors (Lipinski definition) is 6. The highest BCUT2D eigenvalue weighted by Crippen LogP contribution is 2.39. The molecule has 0 aliphatic carbocycles. The van der Waals surface area contributed by atoms with Crippen LogP contribution >= 0.6 is 0 Å². The van der Waals surface area contributed by atoms with Crippen molar-refractivity contribution in [2.24, 2.45) is 5.92 Å². The van der Waals surface area contributed by atoms with E-state index in [-0.39, 0.29) is 22.4 Å². The largest absolute Gasteiger partial charge is 0.462 e. The molecule has 9 heteroatoms. The number of carbonyl (C=O) groups is 3. The van der Waals surface area contributed by atoms with Crippen LogP contribution < -0.4 is 10.1 Å². The van der Waals surface area contributed by atoms with Crippen LogP contribution in [-0.4, -0.2) is 41.2 Å². The Morgan fingerprint density at radius 1 is 1.13 bits per heavy atom. The zero-order chi connectivity index (χ0) is 22.9. The molecule has 1 heterocycles. The van der Waals surface area contributed by atoms with Gasteiger partial charge >= 0.3 is 5.97 Å². The van der Waals surface area contributed by atoms with Crippen LogP contribution in [0.5, 0.6) is 5.75 Å². The van der Waals surface area contributed by atoms with E-state index in [0.717, 1.165) is 12.1 Å². The molecule has 0 radical (unpaired) electrons. The molecule has 2 aromatic rings. The lowest BCUT2D eigenvalue weighted by atomic mass is 9.90. The highest BCUT2D eigenvalue weighted by molar-refractivity contribution is 6.13. The highest BCUT2D eigenvalue weighted by Gasteiger charge is 2.42. The van der Waals surface area contributed by atoms with Gasteiger partial charge in [-0.25, -0.2) is 8.78 Å². The summed E-state index contributed by atoms with van der Waals surface area (Å²) >= 11 is 0. The average molecular weight is 433 g/mol. The van der Waals surface area contributed by atoms with E-state index in [0.29, 0.717) is 0 Å². The van der Waals surface area contributed by atoms with Crippen LogP contribution in [0, 0.1) is 17.6 Å². The maximum absolute atomic E-state index is 13.6. The van der Waals surface area contributed by atoms with Gasteiger partial charge in [-0.3, -0.25) is 14.4 Å². The fourth-order valence-corrected chi connectivity index (χ4v) is 3.13. The summed E-state index contributed by atoms with van der Waals surface area (Å²) in [4.78, 5) is 37.1. The molecule has 2 unspecified atom stereocenters. The summed E-state index contributed by atoms with van der Waals surface area (Å²) in [5.74, 6) is -6.14. The van der Waals surface area contributed by atoms with Crippen molar-refractivity contribution in [3.8, 4) is 16.9 Å². The zero-order valence-electron chi connectivity index (χ0n) is 17.1. The first kappa shape index (κ1) is 22.4. The van der Waals surface area contributed by atoms with E-state index in [9.17, 15) is 28.3 Å². The van der Waals surface area contributed by atoms with Crippen molar-refractivity contribution in [1.82, 2.24) is 5.32 Å². The number of ether oxygens (including phenoxy) is 2. The maximum Gasteiger partial charge on any atom is 0.325 e. The van der Waals surface area contributed by atoms with Gasteiger partial charge in [-0.15, -0.1) is 0 Å². The number of aliphatic hydroxyl groups is 1. The van der Waals surface area contributed by atoms with Crippen molar-refractivity contribution in [3.63, 3.8) is 0 Å². The standard InChI is InChI=1S/C22H21F2NO6/c1-22(2,3)31-16(26)10-25-20(28)17-18(27)13-6-4-5-12(19(13)30-21(17)29)11-7-8-14(23)15(24)9-11/h4-9,17,21,29H,10H2,1-3H3,(H,25,28). The van der Waals surface area contributed by atoms with Crippen molar-refractivity contribution < 1.29 is 37.7 Å². The number of nitrogens with one attached hydrogen (secondary N) is 1. The van der Waals surface area contributed by atoms with Crippen LogP contribution in [0.1, 0.15) is 31.1 Å². The van der Waals surface area contributed by atoms with Gasteiger partial charge in [-0.2, -0.15) is 0 Å². The molecule has 0 spiro atoms. The Morgan fingerprint density at radius 2 is 1.81 bits per heavy atom. The molecule has 164 valence electrons. The number of carbonyl (C=O) groups excluding carboxylic acids is 3. The Morgan fingerprint density at radius 3 is 2.45 bits per heavy atom. The second kappa shape index (κ2) is 8.43. The van der Waals surface area contributed by atoms with E-state index in [1.54, 1.807) is 20.8 Å². The molecule has 1 aliphatic heterocycles. The SMILES string of the molecule is CC(C)(C)OC(=O)CNC(=O)C1C(=O)c2cccc(-c3ccc(F)c(F)c3)c2OC1O. The fraction of sp³-hybridized carbons (Fsp3) is 0.318. The van der Waals surface area contributed by atoms with E-state index in [1.807, 2.05) is 0 Å². The van der Waals surface area contributed by atoms with Gasteiger partial charge in [0, 0.05) is 5.56 Å². The van der Waals surface area contributed by atoms with E-state index < -0.39 is 53.6 Å². The van der Waals surface area contributed by atoms with Crippen molar-refractivity contribution in [1.29, 1.82) is 0 Å². The van der Waals surface area contributed by atoms with Crippen molar-refractivity contribution >= 4 is 17.7 Å². The van der Waals surface area contributed by atoms with E-state index in [2.05, 4.69) is 5.32 Å². The Balaban J connectivity index is 1.83. The number of rotatable bonds is 4. The number of benzene rings is 2. The number of amides is 1. The number of halogens is 2. The Kier molecular flexibility index (Phi) is 6.08. The molecule has 0 aromatic heterocycles. The molecule has 3 rings (SSSR count). The number of fused-ring (bicyclic) bond motifs is 1. The van der Waals surface area contributed by atoms with Crippen molar-refractivity contribution in [2.45, 2.75) is 32.7 Å².